The first-order valence-electron chi connectivity index (χ1n) is 4.39. The first-order valence-corrected chi connectivity index (χ1v) is 5.59. The van der Waals surface area contributed by atoms with Crippen LogP contribution in [-0.2, 0) is 0 Å². The van der Waals surface area contributed by atoms with E-state index < -0.39 is 0 Å². The van der Waals surface area contributed by atoms with Crippen LogP contribution < -0.4 is 0 Å². The van der Waals surface area contributed by atoms with Crippen LogP contribution in [0.15, 0.2) is 18.2 Å². The van der Waals surface area contributed by atoms with Crippen LogP contribution in [-0.4, -0.2) is 4.98 Å². The van der Waals surface area contributed by atoms with Gasteiger partial charge in [-0.25, -0.2) is 4.98 Å². The molecule has 0 atom stereocenters. The summed E-state index contributed by atoms with van der Waals surface area (Å²) in [6.07, 6.45) is 2.61. The Labute approximate surface area is 85.4 Å². The number of benzene rings is 1. The minimum Gasteiger partial charge on any atom is -0.241 e. The van der Waals surface area contributed by atoms with Gasteiger partial charge in [0.25, 0.3) is 0 Å². The standard InChI is InChI=1S/C10H8ClNS/c11-7-2-1-3-8-9(7)13-10(12-8)6-4-5-6/h1-3,6H,4-5H2. The molecule has 1 fully saturated rings. The van der Waals surface area contributed by atoms with Gasteiger partial charge in [0.15, 0.2) is 0 Å². The Balaban J connectivity index is 2.26. The summed E-state index contributed by atoms with van der Waals surface area (Å²) in [5, 5.41) is 2.10. The number of hydrogen-bond acceptors (Lipinski definition) is 2. The molecule has 13 heavy (non-hydrogen) atoms. The van der Waals surface area contributed by atoms with E-state index in [4.69, 9.17) is 11.6 Å². The van der Waals surface area contributed by atoms with Crippen LogP contribution >= 0.6 is 22.9 Å². The van der Waals surface area contributed by atoms with Crippen LogP contribution in [0.4, 0.5) is 0 Å². The Bertz CT molecular complexity index is 459. The van der Waals surface area contributed by atoms with Gasteiger partial charge in [-0.3, -0.25) is 0 Å². The number of rotatable bonds is 1. The highest BCUT2D eigenvalue weighted by Gasteiger charge is 2.27. The Hall–Kier alpha value is -0.600. The smallest absolute Gasteiger partial charge is 0.0970 e. The molecular formula is C10H8ClNS. The molecule has 1 heterocycles. The Morgan fingerprint density at radius 1 is 1.38 bits per heavy atom. The molecule has 3 rings (SSSR count). The second-order valence-corrected chi connectivity index (χ2v) is 4.85. The summed E-state index contributed by atoms with van der Waals surface area (Å²) in [5.74, 6) is 0.730. The van der Waals surface area contributed by atoms with Crippen LogP contribution in [0.25, 0.3) is 10.2 Å². The quantitative estimate of drug-likeness (QED) is 0.696. The molecule has 0 bridgehead atoms. The molecule has 0 radical (unpaired) electrons. The van der Waals surface area contributed by atoms with Gasteiger partial charge in [0.05, 0.1) is 20.2 Å². The summed E-state index contributed by atoms with van der Waals surface area (Å²) in [6.45, 7) is 0. The van der Waals surface area contributed by atoms with Crippen LogP contribution in [0.3, 0.4) is 0 Å². The average Bonchev–Trinajstić information content (AvgIpc) is 2.87. The molecule has 1 aromatic carbocycles. The molecule has 0 spiro atoms. The van der Waals surface area contributed by atoms with Crippen LogP contribution in [0.5, 0.6) is 0 Å². The van der Waals surface area contributed by atoms with E-state index in [0.717, 1.165) is 21.2 Å². The first kappa shape index (κ1) is 7.77. The molecular weight excluding hydrogens is 202 g/mol. The molecule has 0 saturated heterocycles. The Morgan fingerprint density at radius 3 is 2.92 bits per heavy atom. The fraction of sp³-hybridized carbons (Fsp3) is 0.300. The highest BCUT2D eigenvalue weighted by Crippen LogP contribution is 2.44. The second kappa shape index (κ2) is 2.69. The van der Waals surface area contributed by atoms with E-state index in [9.17, 15) is 0 Å². The lowest BCUT2D eigenvalue weighted by atomic mass is 10.3. The van der Waals surface area contributed by atoms with Gasteiger partial charge >= 0.3 is 0 Å². The van der Waals surface area contributed by atoms with Gasteiger partial charge in [0, 0.05) is 5.92 Å². The maximum Gasteiger partial charge on any atom is 0.0970 e. The number of thiazole rings is 1. The maximum absolute atomic E-state index is 6.07. The lowest BCUT2D eigenvalue weighted by Crippen LogP contribution is -1.73. The van der Waals surface area contributed by atoms with E-state index in [1.807, 2.05) is 18.2 Å². The van der Waals surface area contributed by atoms with Crippen molar-refractivity contribution in [3.8, 4) is 0 Å². The minimum absolute atomic E-state index is 0.730. The molecule has 0 aliphatic heterocycles. The molecule has 1 saturated carbocycles. The van der Waals surface area contributed by atoms with E-state index in [1.54, 1.807) is 11.3 Å². The summed E-state index contributed by atoms with van der Waals surface area (Å²) >= 11 is 7.82. The first-order chi connectivity index (χ1) is 6.34. The minimum atomic E-state index is 0.730. The predicted octanol–water partition coefficient (Wildman–Crippen LogP) is 3.83. The van der Waals surface area contributed by atoms with Gasteiger partial charge in [0.1, 0.15) is 0 Å². The Kier molecular flexibility index (Phi) is 1.61. The van der Waals surface area contributed by atoms with E-state index in [1.165, 1.54) is 17.8 Å². The molecule has 1 aromatic heterocycles. The fourth-order valence-corrected chi connectivity index (χ4v) is 2.86. The lowest BCUT2D eigenvalue weighted by Gasteiger charge is -1.87. The number of nitrogens with zero attached hydrogens (tertiary/aromatic N) is 1. The van der Waals surface area contributed by atoms with Gasteiger partial charge in [-0.2, -0.15) is 0 Å². The molecule has 0 amide bonds. The summed E-state index contributed by atoms with van der Waals surface area (Å²) < 4.78 is 1.14. The predicted molar refractivity (Wildman–Crippen MR) is 56.6 cm³/mol. The number of aromatic nitrogens is 1. The third-order valence-corrected chi connectivity index (χ3v) is 4.00. The summed E-state index contributed by atoms with van der Waals surface area (Å²) in [6, 6.07) is 5.92. The van der Waals surface area contributed by atoms with E-state index in [-0.39, 0.29) is 0 Å². The second-order valence-electron chi connectivity index (χ2n) is 3.41. The lowest BCUT2D eigenvalue weighted by molar-refractivity contribution is 1.10. The van der Waals surface area contributed by atoms with Crippen molar-refractivity contribution in [2.45, 2.75) is 18.8 Å². The zero-order valence-electron chi connectivity index (χ0n) is 6.96. The van der Waals surface area contributed by atoms with Gasteiger partial charge in [-0.15, -0.1) is 11.3 Å². The third-order valence-electron chi connectivity index (χ3n) is 2.31. The van der Waals surface area contributed by atoms with Crippen molar-refractivity contribution in [3.63, 3.8) is 0 Å². The zero-order valence-corrected chi connectivity index (χ0v) is 8.53. The molecule has 0 unspecified atom stereocenters. The summed E-state index contributed by atoms with van der Waals surface area (Å²) in [5.41, 5.74) is 1.06. The van der Waals surface area contributed by atoms with Crippen molar-refractivity contribution >= 4 is 33.2 Å². The van der Waals surface area contributed by atoms with Gasteiger partial charge in [-0.1, -0.05) is 17.7 Å². The topological polar surface area (TPSA) is 12.9 Å². The van der Waals surface area contributed by atoms with Crippen LogP contribution in [0, 0.1) is 0 Å². The molecule has 3 heteroatoms. The highest BCUT2D eigenvalue weighted by atomic mass is 35.5. The molecule has 1 aliphatic rings. The zero-order chi connectivity index (χ0) is 8.84. The van der Waals surface area contributed by atoms with Crippen molar-refractivity contribution < 1.29 is 0 Å². The Morgan fingerprint density at radius 2 is 2.23 bits per heavy atom. The molecule has 1 nitrogen and oxygen atoms in total. The number of hydrogen-bond donors (Lipinski definition) is 0. The number of halogens is 1. The maximum atomic E-state index is 6.07. The van der Waals surface area contributed by atoms with Gasteiger partial charge < -0.3 is 0 Å². The van der Waals surface area contributed by atoms with Crippen molar-refractivity contribution in [3.05, 3.63) is 28.2 Å². The van der Waals surface area contributed by atoms with Crippen LogP contribution in [0.1, 0.15) is 23.8 Å². The number of fused-ring (bicyclic) bond motifs is 1. The highest BCUT2D eigenvalue weighted by molar-refractivity contribution is 7.19. The van der Waals surface area contributed by atoms with E-state index in [0.29, 0.717) is 0 Å². The van der Waals surface area contributed by atoms with Crippen molar-refractivity contribution in [1.29, 1.82) is 0 Å². The third kappa shape index (κ3) is 1.25. The van der Waals surface area contributed by atoms with E-state index in [2.05, 4.69) is 4.98 Å². The molecule has 1 aliphatic carbocycles. The van der Waals surface area contributed by atoms with Gasteiger partial charge in [-0.05, 0) is 25.0 Å². The fourth-order valence-electron chi connectivity index (χ4n) is 1.44. The monoisotopic (exact) mass is 209 g/mol. The molecule has 66 valence electrons. The largest absolute Gasteiger partial charge is 0.241 e. The van der Waals surface area contributed by atoms with Crippen LogP contribution in [0.2, 0.25) is 5.02 Å². The summed E-state index contributed by atoms with van der Waals surface area (Å²) in [7, 11) is 0. The van der Waals surface area contributed by atoms with Crippen molar-refractivity contribution in [1.82, 2.24) is 4.98 Å². The SMILES string of the molecule is Clc1cccc2nc(C3CC3)sc12. The summed E-state index contributed by atoms with van der Waals surface area (Å²) in [4.78, 5) is 4.57. The average molecular weight is 210 g/mol. The van der Waals surface area contributed by atoms with Gasteiger partial charge in [0.2, 0.25) is 0 Å². The van der Waals surface area contributed by atoms with Crippen molar-refractivity contribution in [2.24, 2.45) is 0 Å². The molecule has 0 N–H and O–H groups in total. The van der Waals surface area contributed by atoms with E-state index >= 15 is 0 Å². The molecule has 2 aromatic rings. The van der Waals surface area contributed by atoms with Crippen molar-refractivity contribution in [2.75, 3.05) is 0 Å². The normalized spacial score (nSPS) is 16.7.